The molecule has 0 unspecified atom stereocenters. The van der Waals surface area contributed by atoms with Crippen molar-refractivity contribution in [1.29, 1.82) is 0 Å². The van der Waals surface area contributed by atoms with Crippen molar-refractivity contribution in [2.24, 2.45) is 0 Å². The molecule has 4 aromatic rings. The molecule has 0 spiro atoms. The minimum absolute atomic E-state index is 0. The number of benzene rings is 4. The molecule has 0 heterocycles. The molecule has 0 radical (unpaired) electrons. The van der Waals surface area contributed by atoms with Gasteiger partial charge < -0.3 is 10.2 Å². The maximum Gasteiger partial charge on any atom is 0.336 e. The summed E-state index contributed by atoms with van der Waals surface area (Å²) in [7, 11) is 0. The summed E-state index contributed by atoms with van der Waals surface area (Å²) >= 11 is 0. The van der Waals surface area contributed by atoms with Crippen LogP contribution in [0.1, 0.15) is 156 Å². The Hall–Kier alpha value is -4.22. The van der Waals surface area contributed by atoms with Gasteiger partial charge in [0.05, 0.1) is 11.1 Å². The van der Waals surface area contributed by atoms with E-state index in [1.807, 2.05) is 36.4 Å². The number of carboxylic acids is 2. The molecule has 0 saturated heterocycles. The van der Waals surface area contributed by atoms with E-state index in [2.05, 4.69) is 55.4 Å². The van der Waals surface area contributed by atoms with Crippen molar-refractivity contribution in [2.75, 3.05) is 0 Å². The van der Waals surface area contributed by atoms with Gasteiger partial charge in [0.15, 0.2) is 11.6 Å². The molecule has 6 nitrogen and oxygen atoms in total. The molecule has 4 aromatic carbocycles. The van der Waals surface area contributed by atoms with Crippen molar-refractivity contribution in [3.05, 3.63) is 141 Å². The monoisotopic (exact) mass is 736 g/mol. The Balaban J connectivity index is 0.000000224. The number of fused-ring (bicyclic) bond motifs is 2. The third-order valence-corrected chi connectivity index (χ3v) is 11.0. The van der Waals surface area contributed by atoms with E-state index in [0.29, 0.717) is 11.1 Å². The van der Waals surface area contributed by atoms with Gasteiger partial charge in [-0.1, -0.05) is 116 Å². The van der Waals surface area contributed by atoms with Crippen LogP contribution >= 0.6 is 0 Å². The second-order valence-corrected chi connectivity index (χ2v) is 16.4. The Morgan fingerprint density at radius 1 is 0.431 bits per heavy atom. The number of carboxylic acid groups (broad SMARTS) is 2. The Kier molecular flexibility index (Phi) is 11.2. The minimum atomic E-state index is -1.08. The zero-order valence-electron chi connectivity index (χ0n) is 31.1. The Morgan fingerprint density at radius 3 is 1.00 bits per heavy atom. The van der Waals surface area contributed by atoms with Crippen LogP contribution in [0.15, 0.2) is 84.9 Å². The third-order valence-electron chi connectivity index (χ3n) is 11.0. The Bertz CT molecular complexity index is 1870. The average Bonchev–Trinajstić information content (AvgIpc) is 3.08. The van der Waals surface area contributed by atoms with Crippen LogP contribution in [0.4, 0.5) is 0 Å². The van der Waals surface area contributed by atoms with Gasteiger partial charge in [0.25, 0.3) is 0 Å². The molecule has 51 heavy (non-hydrogen) atoms. The van der Waals surface area contributed by atoms with Crippen LogP contribution in [-0.2, 0) is 41.1 Å². The van der Waals surface area contributed by atoms with E-state index in [1.54, 1.807) is 36.4 Å². The largest absolute Gasteiger partial charge is 0.478 e. The maximum absolute atomic E-state index is 13.0. The summed E-state index contributed by atoms with van der Waals surface area (Å²) in [6.07, 6.45) is 4.36. The summed E-state index contributed by atoms with van der Waals surface area (Å²) in [6, 6.07) is 24.5. The van der Waals surface area contributed by atoms with Crippen LogP contribution in [0.3, 0.4) is 0 Å². The maximum atomic E-state index is 13.0. The smallest absolute Gasteiger partial charge is 0.336 e. The first-order chi connectivity index (χ1) is 23.3. The van der Waals surface area contributed by atoms with E-state index >= 15 is 0 Å². The Morgan fingerprint density at radius 2 is 0.706 bits per heavy atom. The van der Waals surface area contributed by atoms with Gasteiger partial charge in [0, 0.05) is 41.7 Å². The molecule has 2 aliphatic carbocycles. The number of ketones is 2. The predicted octanol–water partition coefficient (Wildman–Crippen LogP) is 9.93. The summed E-state index contributed by atoms with van der Waals surface area (Å²) in [5, 5.41) is 18.7. The van der Waals surface area contributed by atoms with Gasteiger partial charge in [0.2, 0.25) is 0 Å². The summed E-state index contributed by atoms with van der Waals surface area (Å²) in [5.41, 5.74) is 6.83. The van der Waals surface area contributed by atoms with Crippen molar-refractivity contribution in [3.63, 3.8) is 0 Å². The Labute approximate surface area is 314 Å². The average molecular weight is 738 g/mol. The summed E-state index contributed by atoms with van der Waals surface area (Å²) < 4.78 is 0. The molecule has 0 fully saturated rings. The molecule has 0 bridgehead atoms. The number of hydrogen-bond donors (Lipinski definition) is 2. The van der Waals surface area contributed by atoms with E-state index in [4.69, 9.17) is 0 Å². The van der Waals surface area contributed by atoms with Gasteiger partial charge in [-0.15, -0.1) is 0 Å². The number of carbonyl (C=O) groups excluding carboxylic acids is 2. The van der Waals surface area contributed by atoms with Crippen molar-refractivity contribution in [1.82, 2.24) is 0 Å². The second kappa shape index (κ2) is 14.4. The molecule has 7 heteroatoms. The van der Waals surface area contributed by atoms with Gasteiger partial charge in [-0.25, -0.2) is 9.59 Å². The first-order valence-electron chi connectivity index (χ1n) is 17.3. The van der Waals surface area contributed by atoms with E-state index in [9.17, 15) is 29.4 Å². The van der Waals surface area contributed by atoms with E-state index in [1.165, 1.54) is 34.4 Å². The molecule has 262 valence electrons. The molecular formula is C44H48O6Zn. The van der Waals surface area contributed by atoms with Crippen LogP contribution in [0.25, 0.3) is 0 Å². The molecule has 0 saturated carbocycles. The molecule has 0 aliphatic heterocycles. The second-order valence-electron chi connectivity index (χ2n) is 16.4. The fourth-order valence-corrected chi connectivity index (χ4v) is 7.51. The van der Waals surface area contributed by atoms with E-state index in [0.717, 1.165) is 25.7 Å². The normalized spacial score (nSPS) is 17.3. The topological polar surface area (TPSA) is 109 Å². The number of carbonyl (C=O) groups is 4. The number of rotatable bonds is 6. The van der Waals surface area contributed by atoms with Crippen LogP contribution in [-0.4, -0.2) is 33.7 Å². The van der Waals surface area contributed by atoms with Gasteiger partial charge in [-0.05, 0) is 93.9 Å². The van der Waals surface area contributed by atoms with Crippen LogP contribution < -0.4 is 0 Å². The van der Waals surface area contributed by atoms with Crippen molar-refractivity contribution in [2.45, 2.75) is 103 Å². The van der Waals surface area contributed by atoms with E-state index in [-0.39, 0.29) is 75.0 Å². The molecular weight excluding hydrogens is 690 g/mol. The molecule has 2 N–H and O–H groups in total. The van der Waals surface area contributed by atoms with Gasteiger partial charge >= 0.3 is 11.9 Å². The van der Waals surface area contributed by atoms with Gasteiger partial charge in [0.1, 0.15) is 0 Å². The quantitative estimate of drug-likeness (QED) is 0.151. The molecule has 0 amide bonds. The zero-order valence-corrected chi connectivity index (χ0v) is 34.1. The van der Waals surface area contributed by atoms with Crippen LogP contribution in [0, 0.1) is 0 Å². The van der Waals surface area contributed by atoms with E-state index < -0.39 is 11.9 Å². The van der Waals surface area contributed by atoms with Crippen molar-refractivity contribution >= 4 is 23.5 Å². The van der Waals surface area contributed by atoms with Crippen molar-refractivity contribution < 1.29 is 48.9 Å². The zero-order chi connectivity index (χ0) is 36.8. The first-order valence-corrected chi connectivity index (χ1v) is 17.3. The van der Waals surface area contributed by atoms with Gasteiger partial charge in [-0.2, -0.15) is 0 Å². The first kappa shape index (κ1) is 39.6. The SMILES string of the molecule is CC1(C)CCC(C)(C)c2cc(C(=O)c3ccccc3C(=O)O)ccc21.CC1(C)CCC(C)(C)c2cc(C(=O)c3ccccc3C(=O)O)ccc21.[Zn]. The molecule has 6 rings (SSSR count). The van der Waals surface area contributed by atoms with Gasteiger partial charge in [-0.3, -0.25) is 9.59 Å². The minimum Gasteiger partial charge on any atom is -0.478 e. The van der Waals surface area contributed by atoms with Crippen molar-refractivity contribution in [3.8, 4) is 0 Å². The predicted molar refractivity (Wildman–Crippen MR) is 197 cm³/mol. The van der Waals surface area contributed by atoms with Crippen LogP contribution in [0.5, 0.6) is 0 Å². The number of aromatic carboxylic acids is 2. The summed E-state index contributed by atoms with van der Waals surface area (Å²) in [6.45, 7) is 17.8. The molecule has 0 atom stereocenters. The molecule has 0 aromatic heterocycles. The fraction of sp³-hybridized carbons (Fsp3) is 0.364. The molecule has 2 aliphatic rings. The standard InChI is InChI=1S/2C22H24O3.Zn/c2*1-21(2)11-12-22(3,4)18-13-14(9-10-17(18)21)19(23)15-7-5-6-8-16(15)20(24)25;/h2*5-10,13H,11-12H2,1-4H3,(H,24,25);. The summed E-state index contributed by atoms with van der Waals surface area (Å²) in [4.78, 5) is 48.8. The number of hydrogen-bond acceptors (Lipinski definition) is 4. The summed E-state index contributed by atoms with van der Waals surface area (Å²) in [5.74, 6) is -2.63. The van der Waals surface area contributed by atoms with Crippen LogP contribution in [0.2, 0.25) is 0 Å². The fourth-order valence-electron chi connectivity index (χ4n) is 7.51. The third kappa shape index (κ3) is 7.84.